The highest BCUT2D eigenvalue weighted by molar-refractivity contribution is 7.15. The number of anilines is 1. The maximum Gasteiger partial charge on any atom is 0.229 e. The summed E-state index contributed by atoms with van der Waals surface area (Å²) in [5.74, 6) is -0.800. The molecule has 0 aromatic carbocycles. The van der Waals surface area contributed by atoms with Crippen molar-refractivity contribution in [1.82, 2.24) is 9.97 Å². The lowest BCUT2D eigenvalue weighted by Gasteiger charge is -2.03. The van der Waals surface area contributed by atoms with Gasteiger partial charge in [0.2, 0.25) is 10.9 Å². The minimum atomic E-state index is -1.08. The maximum atomic E-state index is 12.1. The smallest absolute Gasteiger partial charge is 0.229 e. The van der Waals surface area contributed by atoms with Crippen LogP contribution in [0, 0.1) is 13.8 Å². The Morgan fingerprint density at radius 2 is 1.51 bits per heavy atom. The average Bonchev–Trinajstić information content (AvgIpc) is 3.64. The van der Waals surface area contributed by atoms with Crippen LogP contribution in [-0.4, -0.2) is 39.1 Å². The van der Waals surface area contributed by atoms with Gasteiger partial charge in [-0.3, -0.25) is 19.2 Å². The van der Waals surface area contributed by atoms with Gasteiger partial charge in [-0.1, -0.05) is 23.5 Å². The van der Waals surface area contributed by atoms with Crippen molar-refractivity contribution in [3.63, 3.8) is 0 Å². The van der Waals surface area contributed by atoms with Crippen LogP contribution in [0.1, 0.15) is 49.4 Å². The molecular weight excluding hydrogens is 551 g/mol. The molecule has 2 N–H and O–H groups in total. The molecule has 0 saturated carbocycles. The standard InChI is InChI=1S/C12H11N3O2S2.C8H8O2S.C4H6N2S/c1-7-6-13-12(19-7)15-14-10(8(2)16)11(17)9-4-3-5-18-9;1-6(9)5-7(10)8-3-2-4-11-8;1-3-2-6-4(5)7-3/h3-6,10H,1-2H3;2-4H,5H2,1H3;2H,1H3,(H2,5,6). The number of rotatable bonds is 8. The van der Waals surface area contributed by atoms with Crippen molar-refractivity contribution in [1.29, 1.82) is 0 Å². The number of nitrogen functional groups attached to an aromatic ring is 1. The highest BCUT2D eigenvalue weighted by Crippen LogP contribution is 2.22. The van der Waals surface area contributed by atoms with Crippen molar-refractivity contribution in [3.05, 3.63) is 66.9 Å². The van der Waals surface area contributed by atoms with Crippen LogP contribution in [0.2, 0.25) is 0 Å². The Kier molecular flexibility index (Phi) is 12.2. The summed E-state index contributed by atoms with van der Waals surface area (Å²) in [5, 5.41) is 12.4. The van der Waals surface area contributed by atoms with Gasteiger partial charge in [-0.05, 0) is 50.6 Å². The molecule has 0 spiro atoms. The summed E-state index contributed by atoms with van der Waals surface area (Å²) in [4.78, 5) is 56.4. The number of nitrogens with zero attached hydrogens (tertiary/aromatic N) is 4. The molecule has 0 fully saturated rings. The van der Waals surface area contributed by atoms with Crippen molar-refractivity contribution in [3.8, 4) is 0 Å². The van der Waals surface area contributed by atoms with Gasteiger partial charge in [0.05, 0.1) is 16.2 Å². The molecule has 0 aliphatic carbocycles. The normalized spacial score (nSPS) is 11.1. The Morgan fingerprint density at radius 1 is 0.919 bits per heavy atom. The van der Waals surface area contributed by atoms with Crippen LogP contribution in [-0.2, 0) is 9.59 Å². The number of carbonyl (C=O) groups excluding carboxylic acids is 4. The summed E-state index contributed by atoms with van der Waals surface area (Å²) in [6.45, 7) is 6.64. The number of carbonyl (C=O) groups is 4. The second-order valence-corrected chi connectivity index (χ2v) is 11.8. The van der Waals surface area contributed by atoms with Gasteiger partial charge in [0.25, 0.3) is 0 Å². The topological polar surface area (TPSA) is 145 Å². The zero-order valence-corrected chi connectivity index (χ0v) is 23.8. The lowest BCUT2D eigenvalue weighted by atomic mass is 10.1. The fraction of sp³-hybridized carbons (Fsp3) is 0.250. The number of aromatic nitrogens is 2. The van der Waals surface area contributed by atoms with Crippen molar-refractivity contribution in [2.24, 2.45) is 10.2 Å². The Hall–Kier alpha value is -3.26. The number of thiazole rings is 2. The van der Waals surface area contributed by atoms with E-state index in [1.165, 1.54) is 59.2 Å². The van der Waals surface area contributed by atoms with Gasteiger partial charge >= 0.3 is 0 Å². The molecule has 0 radical (unpaired) electrons. The maximum absolute atomic E-state index is 12.1. The highest BCUT2D eigenvalue weighted by atomic mass is 32.1. The summed E-state index contributed by atoms with van der Waals surface area (Å²) in [6.07, 6.45) is 3.46. The number of azo groups is 1. The molecule has 4 heterocycles. The zero-order chi connectivity index (χ0) is 27.4. The fourth-order valence-corrected chi connectivity index (χ4v) is 4.97. The first-order valence-corrected chi connectivity index (χ1v) is 14.1. The SMILES string of the molecule is CC(=O)C(N=Nc1ncc(C)s1)C(=O)c1cccs1.CC(=O)CC(=O)c1cccs1.Cc1cnc(N)s1. The van der Waals surface area contributed by atoms with Crippen LogP contribution in [0.5, 0.6) is 0 Å². The van der Waals surface area contributed by atoms with Crippen LogP contribution >= 0.6 is 45.3 Å². The number of ketones is 4. The molecule has 13 heteroatoms. The summed E-state index contributed by atoms with van der Waals surface area (Å²) >= 11 is 5.53. The first-order chi connectivity index (χ1) is 17.6. The van der Waals surface area contributed by atoms with Crippen LogP contribution in [0.3, 0.4) is 0 Å². The van der Waals surface area contributed by atoms with E-state index in [4.69, 9.17) is 5.73 Å². The second kappa shape index (κ2) is 15.1. The predicted octanol–water partition coefficient (Wildman–Crippen LogP) is 6.38. The molecule has 37 heavy (non-hydrogen) atoms. The molecule has 0 aliphatic heterocycles. The van der Waals surface area contributed by atoms with E-state index in [9.17, 15) is 19.2 Å². The largest absolute Gasteiger partial charge is 0.375 e. The van der Waals surface area contributed by atoms with Crippen LogP contribution in [0.15, 0.2) is 57.6 Å². The summed E-state index contributed by atoms with van der Waals surface area (Å²) in [7, 11) is 0. The summed E-state index contributed by atoms with van der Waals surface area (Å²) in [6, 6.07) is 5.89. The molecule has 0 amide bonds. The first kappa shape index (κ1) is 30.0. The molecule has 0 saturated heterocycles. The van der Waals surface area contributed by atoms with E-state index < -0.39 is 6.04 Å². The van der Waals surface area contributed by atoms with Gasteiger partial charge in [0, 0.05) is 22.1 Å². The monoisotopic (exact) mass is 575 g/mol. The molecule has 0 bridgehead atoms. The van der Waals surface area contributed by atoms with Crippen molar-refractivity contribution < 1.29 is 19.2 Å². The van der Waals surface area contributed by atoms with Gasteiger partial charge < -0.3 is 5.73 Å². The average molecular weight is 576 g/mol. The van der Waals surface area contributed by atoms with Gasteiger partial charge in [-0.15, -0.1) is 39.1 Å². The quantitative estimate of drug-likeness (QED) is 0.146. The van der Waals surface area contributed by atoms with E-state index >= 15 is 0 Å². The molecule has 9 nitrogen and oxygen atoms in total. The molecule has 1 atom stereocenters. The number of aryl methyl sites for hydroxylation is 2. The number of nitrogens with two attached hydrogens (primary N) is 1. The van der Waals surface area contributed by atoms with Crippen LogP contribution < -0.4 is 5.73 Å². The minimum Gasteiger partial charge on any atom is -0.375 e. The van der Waals surface area contributed by atoms with Crippen LogP contribution in [0.4, 0.5) is 10.3 Å². The number of Topliss-reactive ketones (excluding diaryl/α,β-unsaturated/α-hetero) is 4. The molecule has 1 unspecified atom stereocenters. The number of hydrogen-bond acceptors (Lipinski definition) is 13. The van der Waals surface area contributed by atoms with E-state index in [0.29, 0.717) is 20.0 Å². The highest BCUT2D eigenvalue weighted by Gasteiger charge is 2.25. The third kappa shape index (κ3) is 10.7. The van der Waals surface area contributed by atoms with Gasteiger partial charge in [-0.2, -0.15) is 5.11 Å². The first-order valence-electron chi connectivity index (χ1n) is 10.7. The van der Waals surface area contributed by atoms with Crippen molar-refractivity contribution >= 4 is 78.7 Å². The Labute approximate surface area is 230 Å². The fourth-order valence-electron chi connectivity index (χ4n) is 2.49. The Bertz CT molecular complexity index is 1320. The number of hydrogen-bond donors (Lipinski definition) is 1. The zero-order valence-electron chi connectivity index (χ0n) is 20.5. The second-order valence-electron chi connectivity index (χ2n) is 7.41. The molecule has 4 rings (SSSR count). The van der Waals surface area contributed by atoms with E-state index in [2.05, 4.69) is 20.2 Å². The molecular formula is C24H25N5O4S4. The third-order valence-corrected chi connectivity index (χ3v) is 7.44. The van der Waals surface area contributed by atoms with E-state index in [0.717, 1.165) is 9.75 Å². The predicted molar refractivity (Wildman–Crippen MR) is 150 cm³/mol. The summed E-state index contributed by atoms with van der Waals surface area (Å²) in [5.41, 5.74) is 5.29. The molecule has 4 aromatic heterocycles. The lowest BCUT2D eigenvalue weighted by molar-refractivity contribution is -0.117. The molecule has 0 aliphatic rings. The third-order valence-electron chi connectivity index (χ3n) is 4.11. The summed E-state index contributed by atoms with van der Waals surface area (Å²) < 4.78 is 0. The van der Waals surface area contributed by atoms with Gasteiger partial charge in [0.15, 0.2) is 22.7 Å². The van der Waals surface area contributed by atoms with E-state index in [1.54, 1.807) is 42.0 Å². The van der Waals surface area contributed by atoms with Gasteiger partial charge in [-0.25, -0.2) is 9.97 Å². The minimum absolute atomic E-state index is 0.0283. The Balaban J connectivity index is 0.000000224. The van der Waals surface area contributed by atoms with Crippen LogP contribution in [0.25, 0.3) is 0 Å². The molecule has 4 aromatic rings. The lowest BCUT2D eigenvalue weighted by Crippen LogP contribution is -2.25. The van der Waals surface area contributed by atoms with Crippen molar-refractivity contribution in [2.45, 2.75) is 40.2 Å². The Morgan fingerprint density at radius 3 is 1.92 bits per heavy atom. The van der Waals surface area contributed by atoms with Gasteiger partial charge in [0.1, 0.15) is 5.78 Å². The van der Waals surface area contributed by atoms with Crippen molar-refractivity contribution in [2.75, 3.05) is 5.73 Å². The van der Waals surface area contributed by atoms with E-state index in [-0.39, 0.29) is 29.6 Å². The van der Waals surface area contributed by atoms with E-state index in [1.807, 2.05) is 19.2 Å². The number of thiophene rings is 2. The molecule has 194 valence electrons.